The van der Waals surface area contributed by atoms with E-state index in [1.165, 1.54) is 11.3 Å². The number of carbonyl (C=O) groups excluding carboxylic acids is 1. The van der Waals surface area contributed by atoms with E-state index in [9.17, 15) is 4.79 Å². The molecular weight excluding hydrogens is 378 g/mol. The lowest BCUT2D eigenvalue weighted by atomic mass is 10.1. The Morgan fingerprint density at radius 2 is 2.17 bits per heavy atom. The number of nitrogens with zero attached hydrogens (tertiary/aromatic N) is 2. The first kappa shape index (κ1) is 14.2. The highest BCUT2D eigenvalue weighted by Crippen LogP contribution is 2.30. The fraction of sp³-hybridized carbons (Fsp3) is 0. The van der Waals surface area contributed by atoms with Crippen LogP contribution >= 0.6 is 27.3 Å². The number of halogens is 1. The van der Waals surface area contributed by atoms with E-state index in [2.05, 4.69) is 41.6 Å². The normalized spacial score (nSPS) is 11.0. The number of aromatic nitrogens is 4. The van der Waals surface area contributed by atoms with Crippen molar-refractivity contribution in [2.24, 2.45) is 0 Å². The summed E-state index contributed by atoms with van der Waals surface area (Å²) in [5.74, 6) is -0.149. The summed E-state index contributed by atoms with van der Waals surface area (Å²) in [5, 5.41) is 17.5. The Hall–Kier alpha value is -2.45. The summed E-state index contributed by atoms with van der Waals surface area (Å²) < 4.78 is 0.782. The predicted octanol–water partition coefficient (Wildman–Crippen LogP) is 4.03. The van der Waals surface area contributed by atoms with Gasteiger partial charge in [0.05, 0.1) is 11.1 Å². The first-order valence-corrected chi connectivity index (χ1v) is 8.35. The van der Waals surface area contributed by atoms with Crippen LogP contribution in [-0.2, 0) is 0 Å². The Labute approximate surface area is 143 Å². The van der Waals surface area contributed by atoms with E-state index in [4.69, 9.17) is 0 Å². The molecule has 0 radical (unpaired) electrons. The molecule has 4 rings (SSSR count). The van der Waals surface area contributed by atoms with Gasteiger partial charge in [-0.25, -0.2) is 0 Å². The lowest BCUT2D eigenvalue weighted by molar-refractivity contribution is 0.103. The summed E-state index contributed by atoms with van der Waals surface area (Å²) in [4.78, 5) is 13.8. The second-order valence-corrected chi connectivity index (χ2v) is 6.71. The van der Waals surface area contributed by atoms with E-state index in [0.29, 0.717) is 4.88 Å². The Bertz CT molecular complexity index is 989. The standard InChI is InChI=1S/C15H10BrN5OS/c16-13-11-5-12(23-15(11)21-20-13)14(22)19-10-3-1-2-8(4-10)9-6-17-18-7-9/h1-7H,(H,17,18)(H,19,22)(H,20,21). The second-order valence-electron chi connectivity index (χ2n) is 4.89. The maximum atomic E-state index is 12.4. The molecule has 1 amide bonds. The van der Waals surface area contributed by atoms with Crippen LogP contribution in [0.25, 0.3) is 21.3 Å². The molecule has 3 heterocycles. The van der Waals surface area contributed by atoms with Crippen LogP contribution in [0, 0.1) is 0 Å². The molecule has 3 aromatic heterocycles. The molecule has 0 unspecified atom stereocenters. The van der Waals surface area contributed by atoms with Gasteiger partial charge in [0, 0.05) is 22.8 Å². The highest BCUT2D eigenvalue weighted by Gasteiger charge is 2.14. The quantitative estimate of drug-likeness (QED) is 0.495. The number of rotatable bonds is 3. The van der Waals surface area contributed by atoms with E-state index >= 15 is 0 Å². The Kier molecular flexibility index (Phi) is 3.47. The Morgan fingerprint density at radius 3 is 2.96 bits per heavy atom. The van der Waals surface area contributed by atoms with Crippen molar-refractivity contribution in [2.75, 3.05) is 5.32 Å². The molecule has 6 nitrogen and oxygen atoms in total. The molecule has 1 aromatic carbocycles. The zero-order valence-corrected chi connectivity index (χ0v) is 14.0. The first-order chi connectivity index (χ1) is 11.2. The number of anilines is 1. The number of hydrogen-bond acceptors (Lipinski definition) is 4. The van der Waals surface area contributed by atoms with Crippen LogP contribution in [0.4, 0.5) is 5.69 Å². The van der Waals surface area contributed by atoms with Gasteiger partial charge in [-0.3, -0.25) is 15.0 Å². The molecule has 4 aromatic rings. The zero-order chi connectivity index (χ0) is 15.8. The van der Waals surface area contributed by atoms with Gasteiger partial charge in [-0.2, -0.15) is 10.2 Å². The summed E-state index contributed by atoms with van der Waals surface area (Å²) in [6.07, 6.45) is 3.55. The van der Waals surface area contributed by atoms with Gasteiger partial charge in [-0.05, 0) is 39.7 Å². The molecule has 0 saturated heterocycles. The van der Waals surface area contributed by atoms with Crippen molar-refractivity contribution >= 4 is 49.1 Å². The smallest absolute Gasteiger partial charge is 0.265 e. The van der Waals surface area contributed by atoms with Crippen LogP contribution in [0.15, 0.2) is 47.3 Å². The maximum Gasteiger partial charge on any atom is 0.265 e. The molecule has 114 valence electrons. The summed E-state index contributed by atoms with van der Waals surface area (Å²) in [5.41, 5.74) is 2.69. The number of amides is 1. The van der Waals surface area contributed by atoms with Gasteiger partial charge >= 0.3 is 0 Å². The van der Waals surface area contributed by atoms with Crippen molar-refractivity contribution in [1.29, 1.82) is 0 Å². The zero-order valence-electron chi connectivity index (χ0n) is 11.6. The minimum absolute atomic E-state index is 0.149. The Morgan fingerprint density at radius 1 is 1.26 bits per heavy atom. The van der Waals surface area contributed by atoms with Crippen LogP contribution in [0.1, 0.15) is 9.67 Å². The molecule has 0 fully saturated rings. The predicted molar refractivity (Wildman–Crippen MR) is 93.6 cm³/mol. The van der Waals surface area contributed by atoms with Crippen molar-refractivity contribution < 1.29 is 4.79 Å². The molecule has 0 atom stereocenters. The fourth-order valence-electron chi connectivity index (χ4n) is 2.27. The fourth-order valence-corrected chi connectivity index (χ4v) is 3.68. The highest BCUT2D eigenvalue weighted by molar-refractivity contribution is 9.10. The molecular formula is C15H10BrN5OS. The average Bonchev–Trinajstić information content (AvgIpc) is 3.26. The average molecular weight is 388 g/mol. The molecule has 3 N–H and O–H groups in total. The number of carbonyl (C=O) groups is 1. The van der Waals surface area contributed by atoms with Gasteiger partial charge in [0.2, 0.25) is 0 Å². The van der Waals surface area contributed by atoms with Crippen molar-refractivity contribution in [3.05, 3.63) is 52.2 Å². The molecule has 23 heavy (non-hydrogen) atoms. The summed E-state index contributed by atoms with van der Waals surface area (Å²) in [6, 6.07) is 9.46. The van der Waals surface area contributed by atoms with E-state index in [1.807, 2.05) is 36.5 Å². The number of hydrogen-bond donors (Lipinski definition) is 3. The SMILES string of the molecule is O=C(Nc1cccc(-c2cn[nH]c2)c1)c1cc2c(Br)[nH]nc2s1. The number of fused-ring (bicyclic) bond motifs is 1. The first-order valence-electron chi connectivity index (χ1n) is 6.75. The van der Waals surface area contributed by atoms with Crippen LogP contribution < -0.4 is 5.32 Å². The maximum absolute atomic E-state index is 12.4. The van der Waals surface area contributed by atoms with Gasteiger partial charge in [0.1, 0.15) is 9.43 Å². The summed E-state index contributed by atoms with van der Waals surface area (Å²) >= 11 is 4.72. The van der Waals surface area contributed by atoms with Crippen LogP contribution in [0.3, 0.4) is 0 Å². The van der Waals surface area contributed by atoms with Gasteiger partial charge < -0.3 is 5.32 Å². The van der Waals surface area contributed by atoms with Gasteiger partial charge in [-0.15, -0.1) is 11.3 Å². The largest absolute Gasteiger partial charge is 0.321 e. The Balaban J connectivity index is 1.60. The van der Waals surface area contributed by atoms with Crippen molar-refractivity contribution in [3.8, 4) is 11.1 Å². The molecule has 0 saturated carbocycles. The van der Waals surface area contributed by atoms with Gasteiger partial charge in [0.25, 0.3) is 5.91 Å². The molecule has 0 aliphatic carbocycles. The summed E-state index contributed by atoms with van der Waals surface area (Å²) in [6.45, 7) is 0. The highest BCUT2D eigenvalue weighted by atomic mass is 79.9. The minimum atomic E-state index is -0.149. The van der Waals surface area contributed by atoms with Crippen LogP contribution in [0.2, 0.25) is 0 Å². The number of nitrogens with one attached hydrogen (secondary N) is 3. The lowest BCUT2D eigenvalue weighted by Gasteiger charge is -2.05. The molecule has 8 heteroatoms. The molecule has 0 bridgehead atoms. The van der Waals surface area contributed by atoms with Crippen molar-refractivity contribution in [2.45, 2.75) is 0 Å². The van der Waals surface area contributed by atoms with E-state index in [0.717, 1.165) is 31.6 Å². The molecule has 0 aliphatic rings. The van der Waals surface area contributed by atoms with Crippen molar-refractivity contribution in [1.82, 2.24) is 20.4 Å². The third-order valence-corrected chi connectivity index (χ3v) is 5.01. The number of aromatic amines is 2. The monoisotopic (exact) mass is 387 g/mol. The van der Waals surface area contributed by atoms with E-state index in [-0.39, 0.29) is 5.91 Å². The van der Waals surface area contributed by atoms with Crippen LogP contribution in [-0.4, -0.2) is 26.3 Å². The molecule has 0 spiro atoms. The third-order valence-electron chi connectivity index (χ3n) is 3.38. The van der Waals surface area contributed by atoms with E-state index in [1.54, 1.807) is 6.20 Å². The second kappa shape index (κ2) is 5.64. The van der Waals surface area contributed by atoms with Crippen LogP contribution in [0.5, 0.6) is 0 Å². The van der Waals surface area contributed by atoms with Crippen molar-refractivity contribution in [3.63, 3.8) is 0 Å². The lowest BCUT2D eigenvalue weighted by Crippen LogP contribution is -2.09. The molecule has 0 aliphatic heterocycles. The van der Waals surface area contributed by atoms with Gasteiger partial charge in [0.15, 0.2) is 0 Å². The number of thiophene rings is 1. The van der Waals surface area contributed by atoms with E-state index < -0.39 is 0 Å². The topological polar surface area (TPSA) is 86.5 Å². The minimum Gasteiger partial charge on any atom is -0.321 e. The number of H-pyrrole nitrogens is 2. The third kappa shape index (κ3) is 2.66. The number of benzene rings is 1. The summed E-state index contributed by atoms with van der Waals surface area (Å²) in [7, 11) is 0. The van der Waals surface area contributed by atoms with Gasteiger partial charge in [-0.1, -0.05) is 12.1 Å².